The normalized spacial score (nSPS) is 30.2. The molecule has 2 saturated heterocycles. The molecule has 0 aromatic heterocycles. The summed E-state index contributed by atoms with van der Waals surface area (Å²) in [4.78, 5) is 26.8. The van der Waals surface area contributed by atoms with Gasteiger partial charge in [0.25, 0.3) is 0 Å². The molecule has 3 fully saturated rings. The highest BCUT2D eigenvalue weighted by atomic mass is 35.5. The quantitative estimate of drug-likeness (QED) is 0.780. The summed E-state index contributed by atoms with van der Waals surface area (Å²) in [7, 11) is 1.94. The van der Waals surface area contributed by atoms with Crippen LogP contribution in [0.4, 0.5) is 0 Å². The maximum absolute atomic E-state index is 12.6. The van der Waals surface area contributed by atoms with Gasteiger partial charge in [-0.1, -0.05) is 19.3 Å². The molecule has 2 aliphatic heterocycles. The minimum atomic E-state index is -0.0761. The second kappa shape index (κ2) is 9.22. The van der Waals surface area contributed by atoms with Crippen LogP contribution in [0.15, 0.2) is 0 Å². The summed E-state index contributed by atoms with van der Waals surface area (Å²) in [5.41, 5.74) is 0. The Bertz CT molecular complexity index is 456. The van der Waals surface area contributed by atoms with E-state index in [-0.39, 0.29) is 36.2 Å². The first-order chi connectivity index (χ1) is 11.5. The van der Waals surface area contributed by atoms with Crippen molar-refractivity contribution in [1.29, 1.82) is 0 Å². The molecule has 25 heavy (non-hydrogen) atoms. The summed E-state index contributed by atoms with van der Waals surface area (Å²) in [5, 5.41) is 6.69. The maximum atomic E-state index is 12.6. The van der Waals surface area contributed by atoms with Crippen LogP contribution < -0.4 is 10.6 Å². The van der Waals surface area contributed by atoms with Gasteiger partial charge in [-0.15, -0.1) is 12.4 Å². The summed E-state index contributed by atoms with van der Waals surface area (Å²) in [5.74, 6) is 0.476. The molecular weight excluding hydrogens is 338 g/mol. The Morgan fingerprint density at radius 3 is 2.28 bits per heavy atom. The fraction of sp³-hybridized carbons (Fsp3) is 0.895. The molecule has 6 heteroatoms. The highest BCUT2D eigenvalue weighted by Crippen LogP contribution is 2.29. The van der Waals surface area contributed by atoms with Gasteiger partial charge in [0.1, 0.15) is 0 Å². The van der Waals surface area contributed by atoms with E-state index < -0.39 is 0 Å². The lowest BCUT2D eigenvalue weighted by atomic mass is 9.88. The van der Waals surface area contributed by atoms with Gasteiger partial charge in [0.05, 0.1) is 0 Å². The van der Waals surface area contributed by atoms with E-state index in [2.05, 4.69) is 10.6 Å². The summed E-state index contributed by atoms with van der Waals surface area (Å²) in [6.45, 7) is 1.96. The number of halogens is 1. The molecule has 1 aliphatic carbocycles. The van der Waals surface area contributed by atoms with Crippen LogP contribution in [0.1, 0.15) is 71.1 Å². The van der Waals surface area contributed by atoms with Crippen LogP contribution in [-0.4, -0.2) is 47.9 Å². The average molecular weight is 372 g/mol. The number of nitrogens with zero attached hydrogens (tertiary/aromatic N) is 1. The van der Waals surface area contributed by atoms with Gasteiger partial charge in [-0.25, -0.2) is 0 Å². The monoisotopic (exact) mass is 371 g/mol. The van der Waals surface area contributed by atoms with Crippen LogP contribution in [0.5, 0.6) is 0 Å². The molecule has 0 aromatic rings. The molecule has 2 heterocycles. The molecule has 3 atom stereocenters. The molecule has 2 amide bonds. The van der Waals surface area contributed by atoms with Gasteiger partial charge < -0.3 is 15.5 Å². The van der Waals surface area contributed by atoms with Crippen molar-refractivity contribution in [2.24, 2.45) is 5.92 Å². The summed E-state index contributed by atoms with van der Waals surface area (Å²) in [6, 6.07) is 1.46. The van der Waals surface area contributed by atoms with E-state index >= 15 is 0 Å². The van der Waals surface area contributed by atoms with Gasteiger partial charge >= 0.3 is 0 Å². The number of rotatable bonds is 5. The number of fused-ring (bicyclic) bond motifs is 2. The predicted molar refractivity (Wildman–Crippen MR) is 102 cm³/mol. The van der Waals surface area contributed by atoms with Gasteiger partial charge in [0.2, 0.25) is 11.8 Å². The number of carbonyl (C=O) groups is 2. The molecule has 1 saturated carbocycles. The second-order valence-corrected chi connectivity index (χ2v) is 8.22. The number of amides is 2. The topological polar surface area (TPSA) is 61.4 Å². The van der Waals surface area contributed by atoms with Crippen molar-refractivity contribution in [3.8, 4) is 0 Å². The third kappa shape index (κ3) is 5.33. The van der Waals surface area contributed by atoms with Crippen molar-refractivity contribution >= 4 is 24.2 Å². The van der Waals surface area contributed by atoms with Crippen molar-refractivity contribution < 1.29 is 9.59 Å². The fourth-order valence-corrected chi connectivity index (χ4v) is 4.73. The third-order valence-electron chi connectivity index (χ3n) is 6.23. The van der Waals surface area contributed by atoms with Crippen LogP contribution >= 0.6 is 12.4 Å². The molecule has 0 aromatic carbocycles. The Balaban J connectivity index is 0.00000225. The molecule has 3 rings (SSSR count). The molecule has 2 N–H and O–H groups in total. The molecule has 3 aliphatic rings. The summed E-state index contributed by atoms with van der Waals surface area (Å²) < 4.78 is 0. The SMILES string of the molecule is CC(CC(=O)N(C)C1CC2CCC(C1)N2)NC(=O)C1CCCCC1.Cl. The molecule has 144 valence electrons. The molecule has 5 nitrogen and oxygen atoms in total. The number of nitrogens with one attached hydrogen (secondary N) is 2. The maximum Gasteiger partial charge on any atom is 0.224 e. The first-order valence-corrected chi connectivity index (χ1v) is 9.85. The van der Waals surface area contributed by atoms with E-state index in [4.69, 9.17) is 0 Å². The Morgan fingerprint density at radius 1 is 1.08 bits per heavy atom. The Morgan fingerprint density at radius 2 is 1.68 bits per heavy atom. The minimum absolute atomic E-state index is 0. The van der Waals surface area contributed by atoms with Gasteiger partial charge in [-0.2, -0.15) is 0 Å². The molecule has 3 unspecified atom stereocenters. The van der Waals surface area contributed by atoms with Gasteiger partial charge in [-0.3, -0.25) is 9.59 Å². The van der Waals surface area contributed by atoms with Crippen molar-refractivity contribution in [3.63, 3.8) is 0 Å². The lowest BCUT2D eigenvalue weighted by Crippen LogP contribution is -2.50. The zero-order valence-corrected chi connectivity index (χ0v) is 16.4. The van der Waals surface area contributed by atoms with E-state index in [9.17, 15) is 9.59 Å². The number of carbonyl (C=O) groups excluding carboxylic acids is 2. The molecule has 0 spiro atoms. The van der Waals surface area contributed by atoms with Crippen LogP contribution in [0.25, 0.3) is 0 Å². The lowest BCUT2D eigenvalue weighted by molar-refractivity contribution is -0.133. The van der Waals surface area contributed by atoms with Gasteiger partial charge in [-0.05, 0) is 45.4 Å². The molecular formula is C19H34ClN3O2. The Kier molecular flexibility index (Phi) is 7.56. The molecule has 2 bridgehead atoms. The first kappa shape index (κ1) is 20.5. The van der Waals surface area contributed by atoms with Crippen LogP contribution in [-0.2, 0) is 9.59 Å². The van der Waals surface area contributed by atoms with Crippen LogP contribution in [0, 0.1) is 5.92 Å². The third-order valence-corrected chi connectivity index (χ3v) is 6.23. The van der Waals surface area contributed by atoms with Crippen LogP contribution in [0.2, 0.25) is 0 Å². The van der Waals surface area contributed by atoms with E-state index in [1.165, 1.54) is 19.3 Å². The van der Waals surface area contributed by atoms with Crippen molar-refractivity contribution in [2.45, 2.75) is 95.3 Å². The minimum Gasteiger partial charge on any atom is -0.353 e. The highest BCUT2D eigenvalue weighted by molar-refractivity contribution is 5.85. The predicted octanol–water partition coefficient (Wildman–Crippen LogP) is 2.62. The number of piperidine rings is 1. The van der Waals surface area contributed by atoms with Crippen molar-refractivity contribution in [3.05, 3.63) is 0 Å². The summed E-state index contributed by atoms with van der Waals surface area (Å²) in [6.07, 6.45) is 10.6. The second-order valence-electron chi connectivity index (χ2n) is 8.22. The zero-order chi connectivity index (χ0) is 17.1. The smallest absolute Gasteiger partial charge is 0.224 e. The van der Waals surface area contributed by atoms with Gasteiger partial charge in [0, 0.05) is 43.6 Å². The standard InChI is InChI=1S/C19H33N3O2.ClH/c1-13(20-19(24)14-6-4-3-5-7-14)10-18(23)22(2)17-11-15-8-9-16(12-17)21-15;/h13-17,21H,3-12H2,1-2H3,(H,20,24);1H. The number of hydrogen-bond acceptors (Lipinski definition) is 3. The van der Waals surface area contributed by atoms with Crippen LogP contribution in [0.3, 0.4) is 0 Å². The number of hydrogen-bond donors (Lipinski definition) is 2. The zero-order valence-electron chi connectivity index (χ0n) is 15.6. The van der Waals surface area contributed by atoms with E-state index in [0.29, 0.717) is 24.5 Å². The lowest BCUT2D eigenvalue weighted by Gasteiger charge is -2.36. The van der Waals surface area contributed by atoms with Crippen molar-refractivity contribution in [1.82, 2.24) is 15.5 Å². The van der Waals surface area contributed by atoms with E-state index in [0.717, 1.165) is 38.5 Å². The van der Waals surface area contributed by atoms with E-state index in [1.807, 2.05) is 18.9 Å². The van der Waals surface area contributed by atoms with Gasteiger partial charge in [0.15, 0.2) is 0 Å². The Hall–Kier alpha value is -0.810. The summed E-state index contributed by atoms with van der Waals surface area (Å²) >= 11 is 0. The largest absolute Gasteiger partial charge is 0.353 e. The van der Waals surface area contributed by atoms with Crippen molar-refractivity contribution in [2.75, 3.05) is 7.05 Å². The highest BCUT2D eigenvalue weighted by Gasteiger charge is 2.36. The Labute approximate surface area is 158 Å². The molecule has 0 radical (unpaired) electrons. The first-order valence-electron chi connectivity index (χ1n) is 9.85. The fourth-order valence-electron chi connectivity index (χ4n) is 4.73. The van der Waals surface area contributed by atoms with E-state index in [1.54, 1.807) is 0 Å². The average Bonchev–Trinajstić information content (AvgIpc) is 2.92.